The largest absolute Gasteiger partial charge is 0.488 e. The predicted molar refractivity (Wildman–Crippen MR) is 79.5 cm³/mol. The lowest BCUT2D eigenvalue weighted by Gasteiger charge is -2.29. The molecule has 20 heavy (non-hydrogen) atoms. The van der Waals surface area contributed by atoms with Gasteiger partial charge in [-0.15, -0.1) is 0 Å². The normalized spacial score (nSPS) is 22.5. The van der Waals surface area contributed by atoms with Gasteiger partial charge in [0.25, 0.3) is 0 Å². The Bertz CT molecular complexity index is 504. The zero-order chi connectivity index (χ0) is 14.7. The van der Waals surface area contributed by atoms with Gasteiger partial charge in [0.1, 0.15) is 5.56 Å². The molecule has 2 rings (SSSR count). The van der Waals surface area contributed by atoms with Gasteiger partial charge >= 0.3 is 5.97 Å². The van der Waals surface area contributed by atoms with Gasteiger partial charge in [-0.05, 0) is 37.3 Å². The number of carbonyl (C=O) groups is 1. The van der Waals surface area contributed by atoms with Gasteiger partial charge in [0.2, 0.25) is 0 Å². The Balaban J connectivity index is 2.22. The third-order valence-corrected chi connectivity index (χ3v) is 4.17. The van der Waals surface area contributed by atoms with E-state index in [0.29, 0.717) is 11.6 Å². The van der Waals surface area contributed by atoms with Crippen molar-refractivity contribution in [3.05, 3.63) is 22.7 Å². The first-order chi connectivity index (χ1) is 9.51. The van der Waals surface area contributed by atoms with Crippen LogP contribution >= 0.6 is 11.6 Å². The van der Waals surface area contributed by atoms with Crippen molar-refractivity contribution in [1.82, 2.24) is 0 Å². The number of nitrogens with two attached hydrogens (primary N) is 1. The van der Waals surface area contributed by atoms with Crippen LogP contribution in [0.5, 0.6) is 5.75 Å². The fourth-order valence-electron chi connectivity index (χ4n) is 2.78. The zero-order valence-electron chi connectivity index (χ0n) is 11.6. The summed E-state index contributed by atoms with van der Waals surface area (Å²) in [5.41, 5.74) is 6.00. The van der Waals surface area contributed by atoms with E-state index in [1.807, 2.05) is 0 Å². The molecule has 4 nitrogen and oxygen atoms in total. The maximum absolute atomic E-state index is 11.3. The minimum absolute atomic E-state index is 0.0351. The highest BCUT2D eigenvalue weighted by Crippen LogP contribution is 2.36. The number of rotatable bonds is 4. The highest BCUT2D eigenvalue weighted by atomic mass is 35.5. The van der Waals surface area contributed by atoms with Crippen molar-refractivity contribution in [2.45, 2.75) is 45.1 Å². The van der Waals surface area contributed by atoms with Crippen LogP contribution in [-0.4, -0.2) is 17.2 Å². The Morgan fingerprint density at radius 3 is 2.90 bits per heavy atom. The molecule has 0 saturated heterocycles. The number of hydrogen-bond acceptors (Lipinski definition) is 3. The molecule has 2 unspecified atom stereocenters. The Kier molecular flexibility index (Phi) is 4.76. The topological polar surface area (TPSA) is 72.5 Å². The molecule has 5 heteroatoms. The number of anilines is 1. The molecule has 1 aliphatic carbocycles. The third-order valence-electron chi connectivity index (χ3n) is 3.89. The molecular formula is C15H20ClNO3. The first-order valence-electron chi connectivity index (χ1n) is 7.00. The first kappa shape index (κ1) is 15.0. The van der Waals surface area contributed by atoms with Gasteiger partial charge in [0.05, 0.1) is 11.1 Å². The van der Waals surface area contributed by atoms with Crippen LogP contribution in [0.2, 0.25) is 5.02 Å². The lowest BCUT2D eigenvalue weighted by Crippen LogP contribution is -2.26. The number of carboxylic acid groups (broad SMARTS) is 1. The SMILES string of the molecule is CCC1CCCC(Oc2c(Cl)cc(N)cc2C(=O)O)C1. The van der Waals surface area contributed by atoms with Crippen molar-refractivity contribution in [2.24, 2.45) is 5.92 Å². The Labute approximate surface area is 123 Å². The predicted octanol–water partition coefficient (Wildman–Crippen LogP) is 3.97. The monoisotopic (exact) mass is 297 g/mol. The van der Waals surface area contributed by atoms with Crippen LogP contribution in [0.15, 0.2) is 12.1 Å². The van der Waals surface area contributed by atoms with Crippen LogP contribution in [0, 0.1) is 5.92 Å². The van der Waals surface area contributed by atoms with Crippen molar-refractivity contribution < 1.29 is 14.6 Å². The molecule has 0 radical (unpaired) electrons. The molecule has 0 heterocycles. The molecule has 0 amide bonds. The van der Waals surface area contributed by atoms with E-state index in [4.69, 9.17) is 22.1 Å². The number of halogens is 1. The number of nitrogen functional groups attached to an aromatic ring is 1. The summed E-state index contributed by atoms with van der Waals surface area (Å²) >= 11 is 6.10. The van der Waals surface area contributed by atoms with E-state index in [2.05, 4.69) is 6.92 Å². The number of carboxylic acids is 1. The van der Waals surface area contributed by atoms with E-state index in [1.165, 1.54) is 18.6 Å². The van der Waals surface area contributed by atoms with Crippen molar-refractivity contribution in [2.75, 3.05) is 5.73 Å². The summed E-state index contributed by atoms with van der Waals surface area (Å²) < 4.78 is 5.90. The fraction of sp³-hybridized carbons (Fsp3) is 0.533. The maximum atomic E-state index is 11.3. The van der Waals surface area contributed by atoms with Crippen LogP contribution in [-0.2, 0) is 0 Å². The molecule has 1 aromatic rings. The number of aromatic carboxylic acids is 1. The van der Waals surface area contributed by atoms with E-state index >= 15 is 0 Å². The number of ether oxygens (including phenoxy) is 1. The summed E-state index contributed by atoms with van der Waals surface area (Å²) in [6.07, 6.45) is 5.39. The molecule has 0 bridgehead atoms. The second-order valence-corrected chi connectivity index (χ2v) is 5.77. The van der Waals surface area contributed by atoms with E-state index in [1.54, 1.807) is 0 Å². The average Bonchev–Trinajstić information content (AvgIpc) is 2.41. The van der Waals surface area contributed by atoms with E-state index in [-0.39, 0.29) is 22.4 Å². The van der Waals surface area contributed by atoms with Crippen LogP contribution in [0.4, 0.5) is 5.69 Å². The maximum Gasteiger partial charge on any atom is 0.339 e. The molecule has 1 fully saturated rings. The van der Waals surface area contributed by atoms with Crippen molar-refractivity contribution in [3.63, 3.8) is 0 Å². The smallest absolute Gasteiger partial charge is 0.339 e. The van der Waals surface area contributed by atoms with Gasteiger partial charge in [-0.3, -0.25) is 0 Å². The molecule has 110 valence electrons. The molecule has 0 aromatic heterocycles. The quantitative estimate of drug-likeness (QED) is 0.825. The van der Waals surface area contributed by atoms with Gasteiger partial charge in [-0.25, -0.2) is 4.79 Å². The van der Waals surface area contributed by atoms with E-state index < -0.39 is 5.97 Å². The molecule has 1 aromatic carbocycles. The van der Waals surface area contributed by atoms with E-state index in [0.717, 1.165) is 25.7 Å². The molecular weight excluding hydrogens is 278 g/mol. The third kappa shape index (κ3) is 3.37. The van der Waals surface area contributed by atoms with Gasteiger partial charge < -0.3 is 15.6 Å². The van der Waals surface area contributed by atoms with Crippen LogP contribution in [0.3, 0.4) is 0 Å². The summed E-state index contributed by atoms with van der Waals surface area (Å²) in [4.78, 5) is 11.3. The molecule has 1 saturated carbocycles. The Morgan fingerprint density at radius 1 is 1.50 bits per heavy atom. The van der Waals surface area contributed by atoms with Crippen molar-refractivity contribution in [3.8, 4) is 5.75 Å². The number of hydrogen-bond donors (Lipinski definition) is 2. The van der Waals surface area contributed by atoms with Gasteiger partial charge in [-0.1, -0.05) is 31.4 Å². The molecule has 1 aliphatic rings. The van der Waals surface area contributed by atoms with Crippen molar-refractivity contribution >= 4 is 23.3 Å². The molecule has 0 aliphatic heterocycles. The lowest BCUT2D eigenvalue weighted by molar-refractivity contribution is 0.0682. The standard InChI is InChI=1S/C15H20ClNO3/c1-2-9-4-3-5-11(6-9)20-14-12(15(18)19)7-10(17)8-13(14)16/h7-9,11H,2-6,17H2,1H3,(H,18,19). The average molecular weight is 298 g/mol. The first-order valence-corrected chi connectivity index (χ1v) is 7.38. The van der Waals surface area contributed by atoms with Gasteiger partial charge in [-0.2, -0.15) is 0 Å². The van der Waals surface area contributed by atoms with Crippen LogP contribution in [0.1, 0.15) is 49.4 Å². The highest BCUT2D eigenvalue weighted by Gasteiger charge is 2.25. The van der Waals surface area contributed by atoms with Gasteiger partial charge in [0, 0.05) is 5.69 Å². The summed E-state index contributed by atoms with van der Waals surface area (Å²) in [5.74, 6) is -0.179. The molecule has 0 spiro atoms. The minimum atomic E-state index is -1.07. The zero-order valence-corrected chi connectivity index (χ0v) is 12.3. The Hall–Kier alpha value is -1.42. The lowest BCUT2D eigenvalue weighted by atomic mass is 9.85. The van der Waals surface area contributed by atoms with Gasteiger partial charge in [0.15, 0.2) is 5.75 Å². The summed E-state index contributed by atoms with van der Waals surface area (Å²) in [6, 6.07) is 2.92. The molecule has 2 atom stereocenters. The van der Waals surface area contributed by atoms with Crippen LogP contribution in [0.25, 0.3) is 0 Å². The number of benzene rings is 1. The summed E-state index contributed by atoms with van der Waals surface area (Å²) in [5, 5.41) is 9.51. The molecule has 3 N–H and O–H groups in total. The van der Waals surface area contributed by atoms with Crippen molar-refractivity contribution in [1.29, 1.82) is 0 Å². The highest BCUT2D eigenvalue weighted by molar-refractivity contribution is 6.33. The summed E-state index contributed by atoms with van der Waals surface area (Å²) in [7, 11) is 0. The minimum Gasteiger partial charge on any atom is -0.488 e. The Morgan fingerprint density at radius 2 is 2.25 bits per heavy atom. The second kappa shape index (κ2) is 6.35. The summed E-state index contributed by atoms with van der Waals surface area (Å²) in [6.45, 7) is 2.17. The fourth-order valence-corrected chi connectivity index (χ4v) is 3.05. The van der Waals surface area contributed by atoms with Crippen LogP contribution < -0.4 is 10.5 Å². The van der Waals surface area contributed by atoms with E-state index in [9.17, 15) is 9.90 Å². The second-order valence-electron chi connectivity index (χ2n) is 5.37.